The topological polar surface area (TPSA) is 99.3 Å². The van der Waals surface area contributed by atoms with Gasteiger partial charge in [-0.05, 0) is 24.3 Å². The number of benzene rings is 3. The van der Waals surface area contributed by atoms with Gasteiger partial charge in [0.05, 0.1) is 23.4 Å². The molecule has 0 saturated carbocycles. The van der Waals surface area contributed by atoms with Gasteiger partial charge in [0.25, 0.3) is 5.91 Å². The molecule has 0 unspecified atom stereocenters. The molecule has 1 heterocycles. The molecule has 32 heavy (non-hydrogen) atoms. The second kappa shape index (κ2) is 9.13. The Morgan fingerprint density at radius 3 is 2.41 bits per heavy atom. The van der Waals surface area contributed by atoms with Gasteiger partial charge in [0.2, 0.25) is 0 Å². The number of nitrogens with zero attached hydrogens (tertiary/aromatic N) is 3. The zero-order chi connectivity index (χ0) is 22.5. The summed E-state index contributed by atoms with van der Waals surface area (Å²) in [6.45, 7) is 0.204. The summed E-state index contributed by atoms with van der Waals surface area (Å²) in [7, 11) is 1.34. The van der Waals surface area contributed by atoms with Crippen LogP contribution in [0.2, 0.25) is 0 Å². The Labute approximate surface area is 184 Å². The van der Waals surface area contributed by atoms with Crippen molar-refractivity contribution in [3.05, 3.63) is 106 Å². The minimum absolute atomic E-state index is 0.0991. The number of amides is 1. The van der Waals surface area contributed by atoms with Gasteiger partial charge in [-0.2, -0.15) is 5.10 Å². The van der Waals surface area contributed by atoms with Crippen molar-refractivity contribution in [2.45, 2.75) is 6.54 Å². The molecule has 1 N–H and O–H groups in total. The van der Waals surface area contributed by atoms with Gasteiger partial charge in [0.15, 0.2) is 5.75 Å². The number of hydrogen-bond acceptors (Lipinski definition) is 5. The van der Waals surface area contributed by atoms with Crippen LogP contribution < -0.4 is 10.1 Å². The van der Waals surface area contributed by atoms with Crippen molar-refractivity contribution >= 4 is 11.6 Å². The highest BCUT2D eigenvalue weighted by molar-refractivity contribution is 5.95. The smallest absolute Gasteiger partial charge is 0.311 e. The van der Waals surface area contributed by atoms with Gasteiger partial charge in [0.1, 0.15) is 0 Å². The molecule has 0 fully saturated rings. The van der Waals surface area contributed by atoms with Crippen molar-refractivity contribution in [3.63, 3.8) is 0 Å². The first-order valence-corrected chi connectivity index (χ1v) is 9.87. The third-order valence-electron chi connectivity index (χ3n) is 4.94. The number of carbonyl (C=O) groups is 1. The van der Waals surface area contributed by atoms with E-state index in [1.807, 2.05) is 66.9 Å². The predicted molar refractivity (Wildman–Crippen MR) is 120 cm³/mol. The molecule has 4 rings (SSSR count). The number of ether oxygens (including phenoxy) is 1. The maximum atomic E-state index is 12.7. The Balaban J connectivity index is 1.61. The number of nitrogens with one attached hydrogen (secondary N) is 1. The minimum Gasteiger partial charge on any atom is -0.490 e. The van der Waals surface area contributed by atoms with E-state index in [2.05, 4.69) is 5.32 Å². The molecule has 0 aliphatic rings. The molecular weight excluding hydrogens is 408 g/mol. The lowest BCUT2D eigenvalue weighted by Crippen LogP contribution is -2.23. The van der Waals surface area contributed by atoms with Gasteiger partial charge in [-0.15, -0.1) is 0 Å². The standard InChI is InChI=1S/C24H20N4O4/c1-32-22-13-12-18(14-21(22)28(30)31)24(29)25-15-19-16-27(20-10-6-3-7-11-20)26-23(19)17-8-4-2-5-9-17/h2-14,16H,15H2,1H3,(H,25,29). The molecule has 8 nitrogen and oxygen atoms in total. The highest BCUT2D eigenvalue weighted by Gasteiger charge is 2.19. The number of nitro benzene ring substituents is 1. The van der Waals surface area contributed by atoms with Crippen molar-refractivity contribution < 1.29 is 14.5 Å². The van der Waals surface area contributed by atoms with Crippen LogP contribution in [0.5, 0.6) is 5.75 Å². The van der Waals surface area contributed by atoms with Gasteiger partial charge in [-0.1, -0.05) is 48.5 Å². The Morgan fingerprint density at radius 1 is 1.06 bits per heavy atom. The van der Waals surface area contributed by atoms with Gasteiger partial charge in [-0.25, -0.2) is 4.68 Å². The van der Waals surface area contributed by atoms with Crippen LogP contribution in [0.4, 0.5) is 5.69 Å². The summed E-state index contributed by atoms with van der Waals surface area (Å²) in [5.74, 6) is -0.329. The van der Waals surface area contributed by atoms with Crippen LogP contribution in [0.3, 0.4) is 0 Å². The van der Waals surface area contributed by atoms with Crippen molar-refractivity contribution in [2.24, 2.45) is 0 Å². The number of methoxy groups -OCH3 is 1. The molecule has 0 aliphatic heterocycles. The Bertz CT molecular complexity index is 1250. The van der Waals surface area contributed by atoms with Crippen LogP contribution in [0.25, 0.3) is 16.9 Å². The summed E-state index contributed by atoms with van der Waals surface area (Å²) >= 11 is 0. The predicted octanol–water partition coefficient (Wildman–Crippen LogP) is 4.39. The van der Waals surface area contributed by atoms with E-state index >= 15 is 0 Å². The monoisotopic (exact) mass is 428 g/mol. The zero-order valence-corrected chi connectivity index (χ0v) is 17.3. The molecule has 1 amide bonds. The van der Waals surface area contributed by atoms with Crippen LogP contribution >= 0.6 is 0 Å². The first-order chi connectivity index (χ1) is 15.6. The Hall–Kier alpha value is -4.46. The first kappa shape index (κ1) is 20.8. The van der Waals surface area contributed by atoms with E-state index in [9.17, 15) is 14.9 Å². The lowest BCUT2D eigenvalue weighted by atomic mass is 10.1. The maximum absolute atomic E-state index is 12.7. The average Bonchev–Trinajstić information content (AvgIpc) is 3.27. The summed E-state index contributed by atoms with van der Waals surface area (Å²) in [6.07, 6.45) is 1.87. The lowest BCUT2D eigenvalue weighted by molar-refractivity contribution is -0.385. The maximum Gasteiger partial charge on any atom is 0.311 e. The summed E-state index contributed by atoms with van der Waals surface area (Å²) in [5, 5.41) is 18.8. The van der Waals surface area contributed by atoms with Crippen molar-refractivity contribution in [1.82, 2.24) is 15.1 Å². The molecule has 0 spiro atoms. The minimum atomic E-state index is -0.576. The van der Waals surface area contributed by atoms with E-state index in [1.165, 1.54) is 25.3 Å². The van der Waals surface area contributed by atoms with E-state index in [-0.39, 0.29) is 23.5 Å². The fraction of sp³-hybridized carbons (Fsp3) is 0.0833. The van der Waals surface area contributed by atoms with Crippen LogP contribution in [-0.4, -0.2) is 27.7 Å². The summed E-state index contributed by atoms with van der Waals surface area (Å²) in [4.78, 5) is 23.4. The fourth-order valence-corrected chi connectivity index (χ4v) is 3.34. The molecule has 1 aromatic heterocycles. The first-order valence-electron chi connectivity index (χ1n) is 9.87. The molecule has 4 aromatic rings. The summed E-state index contributed by atoms with van der Waals surface area (Å²) in [6, 6.07) is 23.5. The zero-order valence-electron chi connectivity index (χ0n) is 17.3. The van der Waals surface area contributed by atoms with Crippen molar-refractivity contribution in [1.29, 1.82) is 0 Å². The Kier molecular flexibility index (Phi) is 5.94. The molecule has 0 radical (unpaired) electrons. The third-order valence-corrected chi connectivity index (χ3v) is 4.94. The largest absolute Gasteiger partial charge is 0.490 e. The number of carbonyl (C=O) groups excluding carboxylic acids is 1. The lowest BCUT2D eigenvalue weighted by Gasteiger charge is -2.07. The highest BCUT2D eigenvalue weighted by Crippen LogP contribution is 2.28. The van der Waals surface area contributed by atoms with Crippen LogP contribution in [0.1, 0.15) is 15.9 Å². The van der Waals surface area contributed by atoms with E-state index in [4.69, 9.17) is 9.84 Å². The second-order valence-corrected chi connectivity index (χ2v) is 6.98. The molecule has 160 valence electrons. The van der Waals surface area contributed by atoms with Crippen LogP contribution in [0, 0.1) is 10.1 Å². The number of hydrogen-bond donors (Lipinski definition) is 1. The van der Waals surface area contributed by atoms with E-state index < -0.39 is 10.8 Å². The molecular formula is C24H20N4O4. The van der Waals surface area contributed by atoms with Crippen molar-refractivity contribution in [3.8, 4) is 22.7 Å². The quantitative estimate of drug-likeness (QED) is 0.348. The molecule has 0 saturated heterocycles. The van der Waals surface area contributed by atoms with E-state index in [1.54, 1.807) is 4.68 Å². The SMILES string of the molecule is COc1ccc(C(=O)NCc2cn(-c3ccccc3)nc2-c2ccccc2)cc1[N+](=O)[O-]. The third kappa shape index (κ3) is 4.34. The number of rotatable bonds is 7. The molecule has 0 atom stereocenters. The van der Waals surface area contributed by atoms with Gasteiger partial charge < -0.3 is 10.1 Å². The Morgan fingerprint density at radius 2 is 1.75 bits per heavy atom. The fourth-order valence-electron chi connectivity index (χ4n) is 3.34. The summed E-state index contributed by atoms with van der Waals surface area (Å²) in [5.41, 5.74) is 3.29. The van der Waals surface area contributed by atoms with Crippen LogP contribution in [-0.2, 0) is 6.54 Å². The van der Waals surface area contributed by atoms with Gasteiger partial charge >= 0.3 is 5.69 Å². The number of para-hydroxylation sites is 1. The van der Waals surface area contributed by atoms with E-state index in [0.29, 0.717) is 0 Å². The van der Waals surface area contributed by atoms with Gasteiger partial charge in [-0.3, -0.25) is 14.9 Å². The molecule has 0 bridgehead atoms. The molecule has 8 heteroatoms. The second-order valence-electron chi connectivity index (χ2n) is 6.98. The van der Waals surface area contributed by atoms with Crippen molar-refractivity contribution in [2.75, 3.05) is 7.11 Å². The number of nitro groups is 1. The normalized spacial score (nSPS) is 10.5. The molecule has 0 aliphatic carbocycles. The van der Waals surface area contributed by atoms with E-state index in [0.717, 1.165) is 22.5 Å². The summed E-state index contributed by atoms with van der Waals surface area (Å²) < 4.78 is 6.76. The molecule has 3 aromatic carbocycles. The number of aromatic nitrogens is 2. The van der Waals surface area contributed by atoms with Crippen LogP contribution in [0.15, 0.2) is 85.1 Å². The van der Waals surface area contributed by atoms with Gasteiger partial charge in [0, 0.05) is 35.5 Å². The highest BCUT2D eigenvalue weighted by atomic mass is 16.6. The average molecular weight is 428 g/mol.